The van der Waals surface area contributed by atoms with E-state index in [-0.39, 0.29) is 17.2 Å². The van der Waals surface area contributed by atoms with Crippen LogP contribution in [0.25, 0.3) is 0 Å². The van der Waals surface area contributed by atoms with E-state index in [1.165, 1.54) is 12.1 Å². The molecular weight excluding hydrogens is 288 g/mol. The van der Waals surface area contributed by atoms with Gasteiger partial charge in [0.05, 0.1) is 5.56 Å². The van der Waals surface area contributed by atoms with Crippen molar-refractivity contribution in [1.82, 2.24) is 4.90 Å². The van der Waals surface area contributed by atoms with Gasteiger partial charge in [-0.05, 0) is 42.8 Å². The van der Waals surface area contributed by atoms with Crippen LogP contribution >= 0.6 is 11.6 Å². The maximum absolute atomic E-state index is 12.5. The molecule has 0 bridgehead atoms. The Balaban J connectivity index is 2.22. The van der Waals surface area contributed by atoms with Gasteiger partial charge >= 0.3 is 0 Å². The fraction of sp³-hybridized carbons (Fsp3) is 0.188. The van der Waals surface area contributed by atoms with Crippen LogP contribution in [-0.2, 0) is 6.54 Å². The molecule has 0 unspecified atom stereocenters. The van der Waals surface area contributed by atoms with E-state index in [4.69, 9.17) is 17.3 Å². The molecule has 2 rings (SSSR count). The van der Waals surface area contributed by atoms with Crippen LogP contribution in [0.2, 0.25) is 5.02 Å². The summed E-state index contributed by atoms with van der Waals surface area (Å²) in [6.45, 7) is 2.84. The van der Waals surface area contributed by atoms with E-state index >= 15 is 0 Å². The van der Waals surface area contributed by atoms with Crippen molar-refractivity contribution in [2.75, 3.05) is 12.3 Å². The molecule has 0 atom stereocenters. The Labute approximate surface area is 128 Å². The molecule has 5 heteroatoms. The SMILES string of the molecule is CCN(Cc1cccc(N)c1)C(=O)c1ccc(Cl)cc1O. The second-order valence-corrected chi connectivity index (χ2v) is 5.16. The van der Waals surface area contributed by atoms with Crippen LogP contribution in [0.15, 0.2) is 42.5 Å². The summed E-state index contributed by atoms with van der Waals surface area (Å²) in [6, 6.07) is 11.9. The maximum Gasteiger partial charge on any atom is 0.257 e. The minimum Gasteiger partial charge on any atom is -0.507 e. The third-order valence-electron chi connectivity index (χ3n) is 3.18. The van der Waals surface area contributed by atoms with Gasteiger partial charge in [0.1, 0.15) is 5.75 Å². The number of carbonyl (C=O) groups is 1. The van der Waals surface area contributed by atoms with Crippen molar-refractivity contribution in [1.29, 1.82) is 0 Å². The fourth-order valence-corrected chi connectivity index (χ4v) is 2.26. The van der Waals surface area contributed by atoms with Crippen LogP contribution in [0.1, 0.15) is 22.8 Å². The van der Waals surface area contributed by atoms with Gasteiger partial charge in [-0.1, -0.05) is 23.7 Å². The van der Waals surface area contributed by atoms with Gasteiger partial charge in [0, 0.05) is 23.8 Å². The van der Waals surface area contributed by atoms with E-state index in [0.717, 1.165) is 5.56 Å². The molecule has 110 valence electrons. The predicted molar refractivity (Wildman–Crippen MR) is 84.4 cm³/mol. The minimum atomic E-state index is -0.242. The van der Waals surface area contributed by atoms with E-state index in [2.05, 4.69) is 0 Å². The molecule has 1 amide bonds. The van der Waals surface area contributed by atoms with Crippen molar-refractivity contribution in [3.63, 3.8) is 0 Å². The highest BCUT2D eigenvalue weighted by atomic mass is 35.5. The molecule has 0 aromatic heterocycles. The first-order chi connectivity index (χ1) is 10.0. The number of phenolic OH excluding ortho intramolecular Hbond substituents is 1. The van der Waals surface area contributed by atoms with Crippen LogP contribution in [0.5, 0.6) is 5.75 Å². The summed E-state index contributed by atoms with van der Waals surface area (Å²) in [7, 11) is 0. The number of nitrogens with zero attached hydrogens (tertiary/aromatic N) is 1. The molecule has 0 aliphatic carbocycles. The van der Waals surface area contributed by atoms with Crippen LogP contribution in [0.3, 0.4) is 0 Å². The summed E-state index contributed by atoms with van der Waals surface area (Å²) in [5, 5.41) is 10.3. The molecule has 2 aromatic rings. The standard InChI is InChI=1S/C16H17ClN2O2/c1-2-19(10-11-4-3-5-13(18)8-11)16(21)14-7-6-12(17)9-15(14)20/h3-9,20H,2,10,18H2,1H3. The van der Waals surface area contributed by atoms with Crippen LogP contribution in [0.4, 0.5) is 5.69 Å². The van der Waals surface area contributed by atoms with Crippen molar-refractivity contribution in [2.24, 2.45) is 0 Å². The third-order valence-corrected chi connectivity index (χ3v) is 3.42. The molecule has 0 heterocycles. The number of phenols is 1. The minimum absolute atomic E-state index is 0.112. The van der Waals surface area contributed by atoms with Gasteiger partial charge in [-0.15, -0.1) is 0 Å². The summed E-state index contributed by atoms with van der Waals surface area (Å²) in [5.74, 6) is -0.354. The van der Waals surface area contributed by atoms with Crippen molar-refractivity contribution in [3.05, 3.63) is 58.6 Å². The normalized spacial score (nSPS) is 10.4. The molecule has 0 spiro atoms. The number of aromatic hydroxyl groups is 1. The van der Waals surface area contributed by atoms with E-state index in [0.29, 0.717) is 23.8 Å². The zero-order chi connectivity index (χ0) is 15.4. The summed E-state index contributed by atoms with van der Waals surface area (Å²) in [6.07, 6.45) is 0. The van der Waals surface area contributed by atoms with E-state index < -0.39 is 0 Å². The highest BCUT2D eigenvalue weighted by molar-refractivity contribution is 6.30. The van der Waals surface area contributed by atoms with Crippen LogP contribution < -0.4 is 5.73 Å². The van der Waals surface area contributed by atoms with Gasteiger partial charge < -0.3 is 15.7 Å². The molecular formula is C16H17ClN2O2. The lowest BCUT2D eigenvalue weighted by Gasteiger charge is -2.21. The molecule has 3 N–H and O–H groups in total. The maximum atomic E-state index is 12.5. The molecule has 0 fully saturated rings. The number of benzene rings is 2. The molecule has 4 nitrogen and oxygen atoms in total. The molecule has 0 aliphatic rings. The number of rotatable bonds is 4. The third kappa shape index (κ3) is 3.67. The summed E-state index contributed by atoms with van der Waals surface area (Å²) >= 11 is 5.78. The first kappa shape index (κ1) is 15.2. The average Bonchev–Trinajstić information content (AvgIpc) is 2.44. The van der Waals surface area contributed by atoms with Crippen molar-refractivity contribution >= 4 is 23.2 Å². The summed E-state index contributed by atoms with van der Waals surface area (Å²) in [5.41, 5.74) is 7.59. The van der Waals surface area contributed by atoms with Gasteiger partial charge in [0.15, 0.2) is 0 Å². The fourth-order valence-electron chi connectivity index (χ4n) is 2.10. The van der Waals surface area contributed by atoms with Crippen molar-refractivity contribution < 1.29 is 9.90 Å². The van der Waals surface area contributed by atoms with E-state index in [1.54, 1.807) is 17.0 Å². The monoisotopic (exact) mass is 304 g/mol. The van der Waals surface area contributed by atoms with Gasteiger partial charge in [-0.25, -0.2) is 0 Å². The topological polar surface area (TPSA) is 66.6 Å². The Morgan fingerprint density at radius 1 is 1.29 bits per heavy atom. The summed E-state index contributed by atoms with van der Waals surface area (Å²) < 4.78 is 0. The Morgan fingerprint density at radius 3 is 2.67 bits per heavy atom. The molecule has 0 saturated heterocycles. The smallest absolute Gasteiger partial charge is 0.257 e. The molecule has 21 heavy (non-hydrogen) atoms. The Kier molecular flexibility index (Phi) is 4.70. The van der Waals surface area contributed by atoms with Crippen molar-refractivity contribution in [2.45, 2.75) is 13.5 Å². The largest absolute Gasteiger partial charge is 0.507 e. The molecule has 2 aromatic carbocycles. The molecule has 0 aliphatic heterocycles. The zero-order valence-corrected chi connectivity index (χ0v) is 12.5. The van der Waals surface area contributed by atoms with Crippen LogP contribution in [0, 0.1) is 0 Å². The zero-order valence-electron chi connectivity index (χ0n) is 11.7. The van der Waals surface area contributed by atoms with E-state index in [9.17, 15) is 9.90 Å². The number of hydrogen-bond donors (Lipinski definition) is 2. The molecule has 0 radical (unpaired) electrons. The first-order valence-electron chi connectivity index (χ1n) is 6.63. The predicted octanol–water partition coefficient (Wildman–Crippen LogP) is 3.29. The van der Waals surface area contributed by atoms with Gasteiger partial charge in [0.2, 0.25) is 0 Å². The number of anilines is 1. The number of carbonyl (C=O) groups excluding carboxylic acids is 1. The van der Waals surface area contributed by atoms with Gasteiger partial charge in [-0.2, -0.15) is 0 Å². The lowest BCUT2D eigenvalue weighted by Crippen LogP contribution is -2.30. The second-order valence-electron chi connectivity index (χ2n) is 4.73. The van der Waals surface area contributed by atoms with Crippen molar-refractivity contribution in [3.8, 4) is 5.75 Å². The summed E-state index contributed by atoms with van der Waals surface area (Å²) in [4.78, 5) is 14.1. The Bertz CT molecular complexity index is 658. The number of nitrogens with two attached hydrogens (primary N) is 1. The second kappa shape index (κ2) is 6.50. The Morgan fingerprint density at radius 2 is 2.05 bits per heavy atom. The van der Waals surface area contributed by atoms with E-state index in [1.807, 2.05) is 25.1 Å². The number of nitrogen functional groups attached to an aromatic ring is 1. The first-order valence-corrected chi connectivity index (χ1v) is 7.01. The van der Waals surface area contributed by atoms with Gasteiger partial charge in [-0.3, -0.25) is 4.79 Å². The number of amides is 1. The number of hydrogen-bond acceptors (Lipinski definition) is 3. The highest BCUT2D eigenvalue weighted by Crippen LogP contribution is 2.24. The highest BCUT2D eigenvalue weighted by Gasteiger charge is 2.18. The average molecular weight is 305 g/mol. The number of halogens is 1. The molecule has 0 saturated carbocycles. The lowest BCUT2D eigenvalue weighted by atomic mass is 10.1. The Hall–Kier alpha value is -2.20. The lowest BCUT2D eigenvalue weighted by molar-refractivity contribution is 0.0749. The quantitative estimate of drug-likeness (QED) is 0.852. The van der Waals surface area contributed by atoms with Crippen LogP contribution in [-0.4, -0.2) is 22.5 Å². The van der Waals surface area contributed by atoms with Gasteiger partial charge in [0.25, 0.3) is 5.91 Å².